The van der Waals surface area contributed by atoms with Gasteiger partial charge in [-0.3, -0.25) is 4.99 Å². The maximum absolute atomic E-state index is 4.23. The molecule has 0 N–H and O–H groups in total. The summed E-state index contributed by atoms with van der Waals surface area (Å²) in [5.74, 6) is 0. The summed E-state index contributed by atoms with van der Waals surface area (Å²) < 4.78 is 0. The van der Waals surface area contributed by atoms with E-state index in [0.29, 0.717) is 0 Å². The Balaban J connectivity index is 2.25. The average Bonchev–Trinajstić information content (AvgIpc) is 2.19. The van der Waals surface area contributed by atoms with Crippen molar-refractivity contribution in [1.82, 2.24) is 0 Å². The molecule has 1 radical (unpaired) electrons. The Hall–Kier alpha value is -1.11. The number of hydrogen-bond acceptors (Lipinski definition) is 1. The Bertz CT molecular complexity index is 239. The van der Waals surface area contributed by atoms with Crippen LogP contribution in [0.3, 0.4) is 0 Å². The zero-order valence-corrected chi connectivity index (χ0v) is 8.16. The minimum atomic E-state index is 0.975. The summed E-state index contributed by atoms with van der Waals surface area (Å²) >= 11 is 0. The molecule has 1 aromatic rings. The van der Waals surface area contributed by atoms with Gasteiger partial charge in [0.15, 0.2) is 0 Å². The van der Waals surface area contributed by atoms with Crippen LogP contribution in [0.1, 0.15) is 32.6 Å². The second kappa shape index (κ2) is 6.41. The number of hydrogen-bond donors (Lipinski definition) is 0. The predicted molar refractivity (Wildman–Crippen MR) is 57.7 cm³/mol. The van der Waals surface area contributed by atoms with Crippen LogP contribution in [0.2, 0.25) is 0 Å². The molecule has 0 unspecified atom stereocenters. The fraction of sp³-hybridized carbons (Fsp3) is 0.417. The van der Waals surface area contributed by atoms with E-state index in [1.54, 1.807) is 0 Å². The van der Waals surface area contributed by atoms with Crippen molar-refractivity contribution < 1.29 is 0 Å². The van der Waals surface area contributed by atoms with Crippen molar-refractivity contribution in [2.45, 2.75) is 32.6 Å². The molecular weight excluding hydrogens is 158 g/mol. The molecule has 0 heterocycles. The monoisotopic (exact) mass is 174 g/mol. The number of rotatable bonds is 5. The molecule has 0 amide bonds. The van der Waals surface area contributed by atoms with Crippen LogP contribution in [0.15, 0.2) is 35.3 Å². The highest BCUT2D eigenvalue weighted by Crippen LogP contribution is 2.09. The first-order valence-corrected chi connectivity index (χ1v) is 4.92. The highest BCUT2D eigenvalue weighted by molar-refractivity contribution is 5.62. The lowest BCUT2D eigenvalue weighted by Gasteiger charge is -1.91. The Kier molecular flexibility index (Phi) is 4.92. The van der Waals surface area contributed by atoms with Gasteiger partial charge in [-0.15, -0.1) is 0 Å². The zero-order chi connectivity index (χ0) is 9.36. The fourth-order valence-electron chi connectivity index (χ4n) is 1.10. The molecule has 1 aromatic carbocycles. The average molecular weight is 174 g/mol. The lowest BCUT2D eigenvalue weighted by molar-refractivity contribution is 0.746. The number of unbranched alkanes of at least 4 members (excludes halogenated alkanes) is 3. The van der Waals surface area contributed by atoms with E-state index in [9.17, 15) is 0 Å². The van der Waals surface area contributed by atoms with Gasteiger partial charge < -0.3 is 0 Å². The normalized spacial score (nSPS) is 10.8. The van der Waals surface area contributed by atoms with Crippen LogP contribution in [0, 0.1) is 0 Å². The molecule has 0 saturated heterocycles. The Morgan fingerprint density at radius 2 is 1.92 bits per heavy atom. The van der Waals surface area contributed by atoms with Gasteiger partial charge in [-0.25, -0.2) is 0 Å². The van der Waals surface area contributed by atoms with Crippen LogP contribution >= 0.6 is 0 Å². The molecule has 0 aliphatic carbocycles. The second-order valence-corrected chi connectivity index (χ2v) is 3.06. The Morgan fingerprint density at radius 3 is 2.62 bits per heavy atom. The number of para-hydroxylation sites is 1. The molecule has 0 aromatic heterocycles. The van der Waals surface area contributed by atoms with E-state index in [1.807, 2.05) is 30.3 Å². The highest BCUT2D eigenvalue weighted by atomic mass is 14.7. The predicted octanol–water partition coefficient (Wildman–Crippen LogP) is 3.85. The number of aliphatic imine (C=N–C) groups is 1. The molecule has 69 valence electrons. The molecular formula is C12H16N. The van der Waals surface area contributed by atoms with Crippen LogP contribution in [0.5, 0.6) is 0 Å². The maximum atomic E-state index is 4.23. The molecule has 0 fully saturated rings. The van der Waals surface area contributed by atoms with E-state index in [4.69, 9.17) is 0 Å². The van der Waals surface area contributed by atoms with Gasteiger partial charge in [-0.05, 0) is 25.0 Å². The molecule has 1 heteroatoms. The minimum Gasteiger partial charge on any atom is -0.252 e. The smallest absolute Gasteiger partial charge is 0.0633 e. The third kappa shape index (κ3) is 4.46. The molecule has 0 atom stereocenters. The van der Waals surface area contributed by atoms with Crippen molar-refractivity contribution in [3.63, 3.8) is 0 Å². The summed E-state index contributed by atoms with van der Waals surface area (Å²) in [5.41, 5.74) is 0.999. The molecule has 0 aliphatic heterocycles. The van der Waals surface area contributed by atoms with Crippen molar-refractivity contribution in [1.29, 1.82) is 0 Å². The van der Waals surface area contributed by atoms with E-state index in [2.05, 4.69) is 18.1 Å². The SMILES string of the molecule is CCCCC/[C]=N/c1ccccc1. The lowest BCUT2D eigenvalue weighted by atomic mass is 10.2. The molecule has 0 aliphatic rings. The van der Waals surface area contributed by atoms with E-state index >= 15 is 0 Å². The lowest BCUT2D eigenvalue weighted by Crippen LogP contribution is -1.76. The van der Waals surface area contributed by atoms with Gasteiger partial charge in [0.1, 0.15) is 0 Å². The molecule has 0 spiro atoms. The van der Waals surface area contributed by atoms with E-state index in [-0.39, 0.29) is 0 Å². The minimum absolute atomic E-state index is 0.975. The largest absolute Gasteiger partial charge is 0.252 e. The van der Waals surface area contributed by atoms with Crippen LogP contribution in [0.25, 0.3) is 0 Å². The first kappa shape index (κ1) is 9.97. The van der Waals surface area contributed by atoms with Crippen LogP contribution in [-0.2, 0) is 0 Å². The third-order valence-electron chi connectivity index (χ3n) is 1.86. The van der Waals surface area contributed by atoms with Crippen molar-refractivity contribution in [2.24, 2.45) is 4.99 Å². The highest BCUT2D eigenvalue weighted by Gasteiger charge is 1.85. The molecule has 0 saturated carbocycles. The summed E-state index contributed by atoms with van der Waals surface area (Å²) in [6.45, 7) is 2.20. The van der Waals surface area contributed by atoms with Gasteiger partial charge in [-0.1, -0.05) is 38.0 Å². The van der Waals surface area contributed by atoms with E-state index in [1.165, 1.54) is 19.3 Å². The van der Waals surface area contributed by atoms with Crippen molar-refractivity contribution in [3.8, 4) is 0 Å². The van der Waals surface area contributed by atoms with Gasteiger partial charge in [-0.2, -0.15) is 0 Å². The van der Waals surface area contributed by atoms with E-state index in [0.717, 1.165) is 12.1 Å². The molecule has 1 nitrogen and oxygen atoms in total. The summed E-state index contributed by atoms with van der Waals surface area (Å²) in [6.07, 6.45) is 7.77. The summed E-state index contributed by atoms with van der Waals surface area (Å²) in [6, 6.07) is 9.97. The molecule has 1 rings (SSSR count). The molecule has 0 bridgehead atoms. The van der Waals surface area contributed by atoms with Gasteiger partial charge in [0.2, 0.25) is 0 Å². The van der Waals surface area contributed by atoms with Gasteiger partial charge >= 0.3 is 0 Å². The zero-order valence-electron chi connectivity index (χ0n) is 8.16. The maximum Gasteiger partial charge on any atom is 0.0633 e. The first-order valence-electron chi connectivity index (χ1n) is 4.92. The Labute approximate surface area is 80.5 Å². The first-order chi connectivity index (χ1) is 6.43. The summed E-state index contributed by atoms with van der Waals surface area (Å²) in [4.78, 5) is 4.23. The Morgan fingerprint density at radius 1 is 1.15 bits per heavy atom. The summed E-state index contributed by atoms with van der Waals surface area (Å²) in [5, 5.41) is 0. The van der Waals surface area contributed by atoms with Crippen molar-refractivity contribution in [3.05, 3.63) is 30.3 Å². The van der Waals surface area contributed by atoms with Crippen molar-refractivity contribution >= 4 is 11.9 Å². The van der Waals surface area contributed by atoms with E-state index < -0.39 is 0 Å². The number of benzene rings is 1. The topological polar surface area (TPSA) is 12.4 Å². The van der Waals surface area contributed by atoms with Gasteiger partial charge in [0.05, 0.1) is 11.9 Å². The van der Waals surface area contributed by atoms with Crippen molar-refractivity contribution in [2.75, 3.05) is 0 Å². The second-order valence-electron chi connectivity index (χ2n) is 3.06. The third-order valence-corrected chi connectivity index (χ3v) is 1.86. The standard InChI is InChI=1S/C12H16N/c1-2-3-4-8-11-13-12-9-6-5-7-10-12/h5-7,9-10H,2-4,8H2,1H3. The van der Waals surface area contributed by atoms with Crippen LogP contribution in [0.4, 0.5) is 5.69 Å². The summed E-state index contributed by atoms with van der Waals surface area (Å²) in [7, 11) is 0. The van der Waals surface area contributed by atoms with Gasteiger partial charge in [0.25, 0.3) is 0 Å². The quantitative estimate of drug-likeness (QED) is 0.475. The van der Waals surface area contributed by atoms with Crippen LogP contribution < -0.4 is 0 Å². The number of nitrogens with zero attached hydrogens (tertiary/aromatic N) is 1. The molecule has 13 heavy (non-hydrogen) atoms. The van der Waals surface area contributed by atoms with Crippen LogP contribution in [-0.4, -0.2) is 6.21 Å². The van der Waals surface area contributed by atoms with Gasteiger partial charge in [0, 0.05) is 0 Å². The fourth-order valence-corrected chi connectivity index (χ4v) is 1.10.